The van der Waals surface area contributed by atoms with E-state index in [2.05, 4.69) is 22.2 Å². The molecule has 3 aliphatic carbocycles. The van der Waals surface area contributed by atoms with Crippen molar-refractivity contribution in [1.29, 1.82) is 0 Å². The van der Waals surface area contributed by atoms with Gasteiger partial charge in [-0.1, -0.05) is 6.92 Å². The van der Waals surface area contributed by atoms with Crippen LogP contribution in [0.4, 0.5) is 24.7 Å². The maximum absolute atomic E-state index is 12.9. The van der Waals surface area contributed by atoms with Gasteiger partial charge in [-0.2, -0.15) is 18.3 Å². The Kier molecular flexibility index (Phi) is 6.55. The summed E-state index contributed by atoms with van der Waals surface area (Å²) in [5.41, 5.74) is 5.53. The molecule has 1 aromatic heterocycles. The van der Waals surface area contributed by atoms with Crippen LogP contribution in [0.5, 0.6) is 0 Å². The number of benzene rings is 1. The quantitative estimate of drug-likeness (QED) is 0.481. The fourth-order valence-electron chi connectivity index (χ4n) is 5.43. The molecule has 3 N–H and O–H groups in total. The summed E-state index contributed by atoms with van der Waals surface area (Å²) in [4.78, 5) is 14.9. The molecule has 3 aliphatic rings. The van der Waals surface area contributed by atoms with Gasteiger partial charge in [0.25, 0.3) is 5.91 Å². The van der Waals surface area contributed by atoms with Gasteiger partial charge in [0.2, 0.25) is 0 Å². The maximum atomic E-state index is 12.9. The number of carbonyl (C=O) groups is 1. The first-order chi connectivity index (χ1) is 16.7. The van der Waals surface area contributed by atoms with Gasteiger partial charge in [0.1, 0.15) is 5.56 Å². The molecule has 1 heterocycles. The molecule has 190 valence electrons. The van der Waals surface area contributed by atoms with Crippen LogP contribution in [0.2, 0.25) is 0 Å². The van der Waals surface area contributed by atoms with Crippen molar-refractivity contribution < 1.29 is 18.0 Å². The van der Waals surface area contributed by atoms with Gasteiger partial charge in [-0.3, -0.25) is 14.4 Å². The SMILES string of the molecule is CC1CC(N(CC2CC2)CC2CC2)CCC1n1cc(C(N)=O)c(Nc2ccc(C(F)(F)F)cc2)n1. The summed E-state index contributed by atoms with van der Waals surface area (Å²) in [7, 11) is 0. The standard InChI is InChI=1S/C26H34F3N5O/c1-16-12-21(33(13-17-2-3-17)14-18-4-5-18)10-11-23(16)34-15-22(24(30)35)25(32-34)31-20-8-6-19(7-9-20)26(27,28)29/h6-9,15-18,21,23H,2-5,10-14H2,1H3,(H2,30,35)(H,31,32). The van der Waals surface area contributed by atoms with E-state index in [1.54, 1.807) is 6.20 Å². The number of primary amides is 1. The van der Waals surface area contributed by atoms with Crippen molar-refractivity contribution in [2.24, 2.45) is 23.5 Å². The topological polar surface area (TPSA) is 76.2 Å². The van der Waals surface area contributed by atoms with Gasteiger partial charge in [-0.15, -0.1) is 0 Å². The van der Waals surface area contributed by atoms with Gasteiger partial charge in [0.15, 0.2) is 5.82 Å². The average Bonchev–Trinajstić information content (AvgIpc) is 3.73. The number of nitrogens with one attached hydrogen (secondary N) is 1. The molecular weight excluding hydrogens is 455 g/mol. The second-order valence-electron chi connectivity index (χ2n) is 10.8. The predicted molar refractivity (Wildman–Crippen MR) is 128 cm³/mol. The number of anilines is 2. The molecule has 3 atom stereocenters. The third-order valence-electron chi connectivity index (χ3n) is 7.80. The van der Waals surface area contributed by atoms with Crippen molar-refractivity contribution in [2.75, 3.05) is 18.4 Å². The van der Waals surface area contributed by atoms with Crippen molar-refractivity contribution in [3.63, 3.8) is 0 Å². The van der Waals surface area contributed by atoms with Crippen LogP contribution in [-0.2, 0) is 6.18 Å². The lowest BCUT2D eigenvalue weighted by Gasteiger charge is -2.40. The number of carbonyl (C=O) groups excluding carboxylic acids is 1. The summed E-state index contributed by atoms with van der Waals surface area (Å²) < 4.78 is 40.4. The molecule has 1 amide bonds. The Balaban J connectivity index is 1.28. The number of hydrogen-bond acceptors (Lipinski definition) is 4. The smallest absolute Gasteiger partial charge is 0.365 e. The molecule has 0 saturated heterocycles. The minimum absolute atomic E-state index is 0.149. The van der Waals surface area contributed by atoms with E-state index >= 15 is 0 Å². The maximum Gasteiger partial charge on any atom is 0.416 e. The molecule has 9 heteroatoms. The van der Waals surface area contributed by atoms with Crippen molar-refractivity contribution >= 4 is 17.4 Å². The number of nitrogens with two attached hydrogens (primary N) is 1. The number of halogens is 3. The Morgan fingerprint density at radius 2 is 1.71 bits per heavy atom. The number of rotatable bonds is 9. The molecule has 5 rings (SSSR count). The summed E-state index contributed by atoms with van der Waals surface area (Å²) in [6, 6.07) is 5.40. The zero-order valence-corrected chi connectivity index (χ0v) is 20.1. The molecule has 0 radical (unpaired) electrons. The van der Waals surface area contributed by atoms with Crippen LogP contribution < -0.4 is 11.1 Å². The monoisotopic (exact) mass is 489 g/mol. The van der Waals surface area contributed by atoms with Crippen molar-refractivity contribution in [3.05, 3.63) is 41.6 Å². The van der Waals surface area contributed by atoms with Gasteiger partial charge in [-0.05, 0) is 87.0 Å². The molecule has 1 aromatic carbocycles. The molecule has 0 aliphatic heterocycles. The molecule has 3 fully saturated rings. The molecule has 0 bridgehead atoms. The summed E-state index contributed by atoms with van der Waals surface area (Å²) >= 11 is 0. The minimum atomic E-state index is -4.40. The van der Waals surface area contributed by atoms with E-state index in [0.717, 1.165) is 43.2 Å². The summed E-state index contributed by atoms with van der Waals surface area (Å²) in [5.74, 6) is 1.80. The Hall–Kier alpha value is -2.55. The van der Waals surface area contributed by atoms with Crippen LogP contribution in [0.3, 0.4) is 0 Å². The second-order valence-corrected chi connectivity index (χ2v) is 10.8. The molecule has 0 spiro atoms. The lowest BCUT2D eigenvalue weighted by Crippen LogP contribution is -2.43. The lowest BCUT2D eigenvalue weighted by molar-refractivity contribution is -0.137. The Morgan fingerprint density at radius 1 is 1.09 bits per heavy atom. The van der Waals surface area contributed by atoms with Gasteiger partial charge < -0.3 is 11.1 Å². The summed E-state index contributed by atoms with van der Waals surface area (Å²) in [6.07, 6.45) is 5.90. The Labute approximate surface area is 204 Å². The van der Waals surface area contributed by atoms with Crippen LogP contribution in [0.15, 0.2) is 30.5 Å². The van der Waals surface area contributed by atoms with Gasteiger partial charge in [-0.25, -0.2) is 0 Å². The van der Waals surface area contributed by atoms with Crippen molar-refractivity contribution in [1.82, 2.24) is 14.7 Å². The summed E-state index contributed by atoms with van der Waals surface area (Å²) in [6.45, 7) is 4.71. The highest BCUT2D eigenvalue weighted by molar-refractivity contribution is 5.98. The molecule has 2 aromatic rings. The van der Waals surface area contributed by atoms with E-state index in [1.807, 2.05) is 4.68 Å². The third kappa shape index (κ3) is 5.82. The highest BCUT2D eigenvalue weighted by Gasteiger charge is 2.37. The fourth-order valence-corrected chi connectivity index (χ4v) is 5.43. The number of nitrogens with zero attached hydrogens (tertiary/aromatic N) is 3. The summed E-state index contributed by atoms with van der Waals surface area (Å²) in [5, 5.41) is 7.61. The van der Waals surface area contributed by atoms with Crippen LogP contribution in [0, 0.1) is 17.8 Å². The first-order valence-electron chi connectivity index (χ1n) is 12.7. The zero-order chi connectivity index (χ0) is 24.7. The van der Waals surface area contributed by atoms with Crippen molar-refractivity contribution in [3.8, 4) is 0 Å². The third-order valence-corrected chi connectivity index (χ3v) is 7.80. The number of hydrogen-bond donors (Lipinski definition) is 2. The van der Waals surface area contributed by atoms with E-state index in [9.17, 15) is 18.0 Å². The van der Waals surface area contributed by atoms with Crippen LogP contribution >= 0.6 is 0 Å². The Bertz CT molecular complexity index is 1030. The van der Waals surface area contributed by atoms with E-state index in [4.69, 9.17) is 5.73 Å². The highest BCUT2D eigenvalue weighted by atomic mass is 19.4. The Morgan fingerprint density at radius 3 is 2.23 bits per heavy atom. The number of amides is 1. The lowest BCUT2D eigenvalue weighted by atomic mass is 9.82. The van der Waals surface area contributed by atoms with E-state index in [-0.39, 0.29) is 17.4 Å². The van der Waals surface area contributed by atoms with E-state index < -0.39 is 17.6 Å². The zero-order valence-electron chi connectivity index (χ0n) is 20.1. The van der Waals surface area contributed by atoms with Gasteiger partial charge in [0.05, 0.1) is 11.6 Å². The van der Waals surface area contributed by atoms with Crippen LogP contribution in [-0.4, -0.2) is 39.7 Å². The van der Waals surface area contributed by atoms with Crippen LogP contribution in [0.1, 0.15) is 73.8 Å². The van der Waals surface area contributed by atoms with E-state index in [1.165, 1.54) is 50.9 Å². The molecular formula is C26H34F3N5O. The fraction of sp³-hybridized carbons (Fsp3) is 0.615. The van der Waals surface area contributed by atoms with Gasteiger partial charge in [0, 0.05) is 31.0 Å². The first-order valence-corrected chi connectivity index (χ1v) is 12.7. The average molecular weight is 490 g/mol. The minimum Gasteiger partial charge on any atom is -0.365 e. The first kappa shape index (κ1) is 24.2. The highest BCUT2D eigenvalue weighted by Crippen LogP contribution is 2.41. The molecule has 3 unspecified atom stereocenters. The normalized spacial score (nSPS) is 25.1. The molecule has 3 saturated carbocycles. The molecule has 35 heavy (non-hydrogen) atoms. The van der Waals surface area contributed by atoms with E-state index in [0.29, 0.717) is 17.6 Å². The predicted octanol–water partition coefficient (Wildman–Crippen LogP) is 5.60. The van der Waals surface area contributed by atoms with Crippen molar-refractivity contribution in [2.45, 2.75) is 70.1 Å². The number of alkyl halides is 3. The van der Waals surface area contributed by atoms with Crippen LogP contribution in [0.25, 0.3) is 0 Å². The largest absolute Gasteiger partial charge is 0.416 e. The molecule has 6 nitrogen and oxygen atoms in total. The number of aromatic nitrogens is 2. The second kappa shape index (κ2) is 9.48. The van der Waals surface area contributed by atoms with Gasteiger partial charge >= 0.3 is 6.18 Å².